The van der Waals surface area contributed by atoms with Gasteiger partial charge in [-0.15, -0.1) is 0 Å². The van der Waals surface area contributed by atoms with Crippen molar-refractivity contribution in [3.8, 4) is 0 Å². The summed E-state index contributed by atoms with van der Waals surface area (Å²) in [5.41, 5.74) is 6.99. The van der Waals surface area contributed by atoms with Gasteiger partial charge in [-0.3, -0.25) is 9.59 Å². The number of nitrogens with two attached hydrogens (primary N) is 1. The topological polar surface area (TPSA) is 113 Å². The second-order valence-corrected chi connectivity index (χ2v) is 7.90. The lowest BCUT2D eigenvalue weighted by Gasteiger charge is -2.30. The smallest absolute Gasteiger partial charge is 0.232 e. The van der Waals surface area contributed by atoms with Gasteiger partial charge in [-0.1, -0.05) is 29.3 Å². The molecule has 1 aromatic heterocycles. The molecule has 8 nitrogen and oxygen atoms in total. The Balaban J connectivity index is 1.65. The second kappa shape index (κ2) is 8.04. The van der Waals surface area contributed by atoms with Crippen molar-refractivity contribution in [1.29, 1.82) is 0 Å². The van der Waals surface area contributed by atoms with Gasteiger partial charge in [0, 0.05) is 19.5 Å². The molecule has 3 heterocycles. The largest absolute Gasteiger partial charge is 0.383 e. The average molecular weight is 435 g/mol. The van der Waals surface area contributed by atoms with Gasteiger partial charge in [-0.05, 0) is 31.4 Å². The molecule has 2 amide bonds. The Bertz CT molecular complexity index is 977. The number of nitrogen functional groups attached to an aromatic ring is 1. The van der Waals surface area contributed by atoms with E-state index in [9.17, 15) is 9.59 Å². The number of fused-ring (bicyclic) bond motifs is 1. The predicted molar refractivity (Wildman–Crippen MR) is 114 cm³/mol. The van der Waals surface area contributed by atoms with Crippen molar-refractivity contribution in [1.82, 2.24) is 9.97 Å². The van der Waals surface area contributed by atoms with Gasteiger partial charge in [-0.2, -0.15) is 9.97 Å². The van der Waals surface area contributed by atoms with E-state index in [-0.39, 0.29) is 29.0 Å². The lowest BCUT2D eigenvalue weighted by atomic mass is 9.92. The number of hydrogen-bond donors (Lipinski definition) is 3. The van der Waals surface area contributed by atoms with Gasteiger partial charge < -0.3 is 21.3 Å². The average Bonchev–Trinajstić information content (AvgIpc) is 2.71. The van der Waals surface area contributed by atoms with Gasteiger partial charge in [-0.25, -0.2) is 0 Å². The SMILES string of the molecule is Nc1nc(N2CCCCC2)nc2c1C(C(=O)Nc1cccc(Cl)c1Cl)CC(=O)N2. The molecule has 29 heavy (non-hydrogen) atoms. The quantitative estimate of drug-likeness (QED) is 0.681. The van der Waals surface area contributed by atoms with E-state index in [1.54, 1.807) is 18.2 Å². The molecule has 10 heteroatoms. The molecule has 0 aliphatic carbocycles. The Labute approximate surface area is 177 Å². The Hall–Kier alpha value is -2.58. The maximum atomic E-state index is 13.0. The maximum Gasteiger partial charge on any atom is 0.232 e. The zero-order valence-electron chi connectivity index (χ0n) is 15.5. The van der Waals surface area contributed by atoms with E-state index in [1.165, 1.54) is 6.42 Å². The van der Waals surface area contributed by atoms with Crippen LogP contribution in [0.4, 0.5) is 23.3 Å². The molecule has 0 spiro atoms. The summed E-state index contributed by atoms with van der Waals surface area (Å²) in [6, 6.07) is 4.93. The number of carbonyl (C=O) groups is 2. The fourth-order valence-corrected chi connectivity index (χ4v) is 4.01. The lowest BCUT2D eigenvalue weighted by molar-refractivity contribution is -0.123. The molecule has 0 bridgehead atoms. The number of nitrogens with one attached hydrogen (secondary N) is 2. The highest BCUT2D eigenvalue weighted by Gasteiger charge is 2.35. The van der Waals surface area contributed by atoms with Crippen LogP contribution in [0.2, 0.25) is 10.0 Å². The molecule has 1 atom stereocenters. The first-order valence-corrected chi connectivity index (χ1v) is 10.2. The fourth-order valence-electron chi connectivity index (χ4n) is 3.66. The van der Waals surface area contributed by atoms with Crippen LogP contribution in [0.1, 0.15) is 37.2 Å². The number of benzene rings is 1. The maximum absolute atomic E-state index is 13.0. The van der Waals surface area contributed by atoms with E-state index in [0.29, 0.717) is 22.2 Å². The molecule has 1 fully saturated rings. The van der Waals surface area contributed by atoms with Gasteiger partial charge in [0.15, 0.2) is 0 Å². The Kier molecular flexibility index (Phi) is 5.47. The molecule has 2 aliphatic heterocycles. The van der Waals surface area contributed by atoms with Crippen molar-refractivity contribution in [2.75, 3.05) is 34.4 Å². The lowest BCUT2D eigenvalue weighted by Crippen LogP contribution is -2.35. The van der Waals surface area contributed by atoms with Crippen molar-refractivity contribution in [2.45, 2.75) is 31.6 Å². The van der Waals surface area contributed by atoms with Crippen LogP contribution in [0.25, 0.3) is 0 Å². The Morgan fingerprint density at radius 1 is 1.21 bits per heavy atom. The number of anilines is 4. The van der Waals surface area contributed by atoms with E-state index in [0.717, 1.165) is 25.9 Å². The second-order valence-electron chi connectivity index (χ2n) is 7.11. The number of piperidine rings is 1. The summed E-state index contributed by atoms with van der Waals surface area (Å²) in [5, 5.41) is 6.01. The van der Waals surface area contributed by atoms with Crippen LogP contribution in [-0.4, -0.2) is 34.9 Å². The van der Waals surface area contributed by atoms with Gasteiger partial charge in [0.25, 0.3) is 0 Å². The van der Waals surface area contributed by atoms with E-state index in [4.69, 9.17) is 28.9 Å². The monoisotopic (exact) mass is 434 g/mol. The summed E-state index contributed by atoms with van der Waals surface area (Å²) < 4.78 is 0. The first-order chi connectivity index (χ1) is 13.9. The van der Waals surface area contributed by atoms with Crippen LogP contribution in [0.3, 0.4) is 0 Å². The number of hydrogen-bond acceptors (Lipinski definition) is 6. The minimum absolute atomic E-state index is 0.0619. The summed E-state index contributed by atoms with van der Waals surface area (Å²) >= 11 is 12.2. The molecule has 0 saturated carbocycles. The van der Waals surface area contributed by atoms with Crippen LogP contribution in [0, 0.1) is 0 Å². The molecule has 1 saturated heterocycles. The van der Waals surface area contributed by atoms with Crippen molar-refractivity contribution in [3.63, 3.8) is 0 Å². The van der Waals surface area contributed by atoms with Crippen LogP contribution in [-0.2, 0) is 9.59 Å². The third-order valence-electron chi connectivity index (χ3n) is 5.12. The van der Waals surface area contributed by atoms with Gasteiger partial charge in [0.1, 0.15) is 11.6 Å². The zero-order valence-corrected chi connectivity index (χ0v) is 17.1. The molecular weight excluding hydrogens is 415 g/mol. The summed E-state index contributed by atoms with van der Waals surface area (Å²) in [7, 11) is 0. The first kappa shape index (κ1) is 19.7. The Morgan fingerprint density at radius 3 is 2.72 bits per heavy atom. The van der Waals surface area contributed by atoms with Gasteiger partial charge in [0.2, 0.25) is 17.8 Å². The van der Waals surface area contributed by atoms with Crippen LogP contribution >= 0.6 is 23.2 Å². The van der Waals surface area contributed by atoms with Crippen molar-refractivity contribution >= 4 is 58.3 Å². The van der Waals surface area contributed by atoms with Crippen molar-refractivity contribution < 1.29 is 9.59 Å². The minimum Gasteiger partial charge on any atom is -0.383 e. The third-order valence-corrected chi connectivity index (χ3v) is 5.94. The number of amides is 2. The molecule has 4 rings (SSSR count). The number of carbonyl (C=O) groups excluding carboxylic acids is 2. The standard InChI is InChI=1S/C19H20Cl2N6O2/c20-11-5-4-6-12(15(11)21)23-18(29)10-9-13(28)24-17-14(10)16(22)25-19(26-17)27-7-2-1-3-8-27/h4-6,10H,1-3,7-9H2,(H,23,29)(H3,22,24,25,26,28). The Morgan fingerprint density at radius 2 is 1.97 bits per heavy atom. The first-order valence-electron chi connectivity index (χ1n) is 9.41. The van der Waals surface area contributed by atoms with Crippen molar-refractivity contribution in [3.05, 3.63) is 33.8 Å². The zero-order chi connectivity index (χ0) is 20.5. The molecule has 2 aliphatic rings. The van der Waals surface area contributed by atoms with E-state index in [2.05, 4.69) is 20.6 Å². The summed E-state index contributed by atoms with van der Waals surface area (Å²) in [4.78, 5) is 36.2. The summed E-state index contributed by atoms with van der Waals surface area (Å²) in [6.07, 6.45) is 3.21. The molecule has 4 N–H and O–H groups in total. The summed E-state index contributed by atoms with van der Waals surface area (Å²) in [6.45, 7) is 1.67. The molecule has 152 valence electrons. The van der Waals surface area contributed by atoms with E-state index >= 15 is 0 Å². The highest BCUT2D eigenvalue weighted by molar-refractivity contribution is 6.44. The molecule has 2 aromatic rings. The van der Waals surface area contributed by atoms with Gasteiger partial charge >= 0.3 is 0 Å². The minimum atomic E-state index is -0.829. The van der Waals surface area contributed by atoms with E-state index < -0.39 is 11.8 Å². The molecule has 0 radical (unpaired) electrons. The normalized spacial score (nSPS) is 18.8. The van der Waals surface area contributed by atoms with Crippen LogP contribution < -0.4 is 21.3 Å². The van der Waals surface area contributed by atoms with Crippen molar-refractivity contribution in [2.24, 2.45) is 0 Å². The predicted octanol–water partition coefficient (Wildman–Crippen LogP) is 3.42. The van der Waals surface area contributed by atoms with Crippen LogP contribution in [0.15, 0.2) is 18.2 Å². The molecule has 1 unspecified atom stereocenters. The fraction of sp³-hybridized carbons (Fsp3) is 0.368. The van der Waals surface area contributed by atoms with E-state index in [1.807, 2.05) is 4.90 Å². The number of aromatic nitrogens is 2. The number of nitrogens with zero attached hydrogens (tertiary/aromatic N) is 3. The molecule has 1 aromatic carbocycles. The van der Waals surface area contributed by atoms with Crippen LogP contribution in [0.5, 0.6) is 0 Å². The number of rotatable bonds is 3. The number of halogens is 2. The molecular formula is C19H20Cl2N6O2. The highest BCUT2D eigenvalue weighted by atomic mass is 35.5. The van der Waals surface area contributed by atoms with Gasteiger partial charge in [0.05, 0.1) is 27.2 Å². The summed E-state index contributed by atoms with van der Waals surface area (Å²) in [5.74, 6) is -0.618. The highest BCUT2D eigenvalue weighted by Crippen LogP contribution is 2.38. The third kappa shape index (κ3) is 3.95.